The van der Waals surface area contributed by atoms with Crippen molar-refractivity contribution in [3.05, 3.63) is 22.0 Å². The summed E-state index contributed by atoms with van der Waals surface area (Å²) in [6, 6.07) is 0. The topological polar surface area (TPSA) is 93.2 Å². The van der Waals surface area contributed by atoms with E-state index in [0.29, 0.717) is 23.8 Å². The third-order valence-electron chi connectivity index (χ3n) is 4.66. The molecule has 8 heteroatoms. The van der Waals surface area contributed by atoms with E-state index in [9.17, 15) is 9.59 Å². The zero-order valence-electron chi connectivity index (χ0n) is 14.2. The standard InChI is InChI=1S/C17H20N4O3S/c1-8-12-9(2)18-14(10-5-6-10)19-17(12)25-13(8)16(23)21-20-15(22)11-4-3-7-24-11/h10-11H,3-7H2,1-2H3,(H,20,22)(H,21,23). The Morgan fingerprint density at radius 1 is 1.16 bits per heavy atom. The predicted molar refractivity (Wildman–Crippen MR) is 93.4 cm³/mol. The van der Waals surface area contributed by atoms with Crippen LogP contribution in [-0.4, -0.2) is 34.5 Å². The Kier molecular flexibility index (Phi) is 4.16. The van der Waals surface area contributed by atoms with E-state index in [2.05, 4.69) is 20.8 Å². The fourth-order valence-electron chi connectivity index (χ4n) is 3.14. The molecule has 2 aliphatic rings. The van der Waals surface area contributed by atoms with E-state index < -0.39 is 6.10 Å². The van der Waals surface area contributed by atoms with Gasteiger partial charge in [0.2, 0.25) is 0 Å². The van der Waals surface area contributed by atoms with Crippen molar-refractivity contribution in [3.63, 3.8) is 0 Å². The third-order valence-corrected chi connectivity index (χ3v) is 5.84. The molecule has 4 rings (SSSR count). The van der Waals surface area contributed by atoms with Crippen LogP contribution in [0.1, 0.15) is 58.4 Å². The largest absolute Gasteiger partial charge is 0.368 e. The van der Waals surface area contributed by atoms with Gasteiger partial charge in [0.25, 0.3) is 11.8 Å². The summed E-state index contributed by atoms with van der Waals surface area (Å²) in [5.41, 5.74) is 6.70. The van der Waals surface area contributed by atoms with E-state index in [1.54, 1.807) is 0 Å². The monoisotopic (exact) mass is 360 g/mol. The second-order valence-electron chi connectivity index (χ2n) is 6.62. The first kappa shape index (κ1) is 16.4. The normalized spacial score (nSPS) is 20.0. The number of hydrazine groups is 1. The average molecular weight is 360 g/mol. The van der Waals surface area contributed by atoms with E-state index >= 15 is 0 Å². The molecule has 1 saturated carbocycles. The molecule has 2 aromatic heterocycles. The molecule has 0 bridgehead atoms. The number of amides is 2. The zero-order chi connectivity index (χ0) is 17.6. The first-order valence-corrected chi connectivity index (χ1v) is 9.35. The second-order valence-corrected chi connectivity index (χ2v) is 7.62. The van der Waals surface area contributed by atoms with Crippen LogP contribution in [0.15, 0.2) is 0 Å². The lowest BCUT2D eigenvalue weighted by Gasteiger charge is -2.11. The van der Waals surface area contributed by atoms with Crippen molar-refractivity contribution in [2.45, 2.75) is 51.6 Å². The Labute approximate surface area is 149 Å². The van der Waals surface area contributed by atoms with Gasteiger partial charge >= 0.3 is 0 Å². The van der Waals surface area contributed by atoms with Gasteiger partial charge in [0, 0.05) is 17.9 Å². The van der Waals surface area contributed by atoms with Gasteiger partial charge < -0.3 is 4.74 Å². The van der Waals surface area contributed by atoms with Crippen LogP contribution in [0.4, 0.5) is 0 Å². The lowest BCUT2D eigenvalue weighted by molar-refractivity contribution is -0.130. The lowest BCUT2D eigenvalue weighted by Crippen LogP contribution is -2.46. The number of thiophene rings is 1. The van der Waals surface area contributed by atoms with E-state index in [1.807, 2.05) is 13.8 Å². The molecule has 25 heavy (non-hydrogen) atoms. The lowest BCUT2D eigenvalue weighted by atomic mass is 10.1. The molecule has 2 N–H and O–H groups in total. The molecule has 1 aliphatic carbocycles. The van der Waals surface area contributed by atoms with Gasteiger partial charge in [-0.25, -0.2) is 9.97 Å². The summed E-state index contributed by atoms with van der Waals surface area (Å²) < 4.78 is 5.30. The molecule has 1 saturated heterocycles. The molecule has 132 valence electrons. The van der Waals surface area contributed by atoms with Crippen LogP contribution >= 0.6 is 11.3 Å². The number of nitrogens with zero attached hydrogens (tertiary/aromatic N) is 2. The molecule has 0 spiro atoms. The molecular weight excluding hydrogens is 340 g/mol. The number of hydrogen-bond acceptors (Lipinski definition) is 6. The van der Waals surface area contributed by atoms with Crippen molar-refractivity contribution in [1.29, 1.82) is 0 Å². The summed E-state index contributed by atoms with van der Waals surface area (Å²) in [5, 5.41) is 0.935. The Bertz CT molecular complexity index is 853. The van der Waals surface area contributed by atoms with Crippen LogP contribution in [0.25, 0.3) is 10.2 Å². The number of carbonyl (C=O) groups is 2. The van der Waals surface area contributed by atoms with E-state index in [0.717, 1.165) is 46.6 Å². The molecule has 1 unspecified atom stereocenters. The van der Waals surface area contributed by atoms with Gasteiger partial charge in [-0.05, 0) is 45.1 Å². The Morgan fingerprint density at radius 2 is 1.96 bits per heavy atom. The SMILES string of the molecule is Cc1nc(C2CC2)nc2sc(C(=O)NNC(=O)C3CCCO3)c(C)c12. The van der Waals surface area contributed by atoms with Crippen molar-refractivity contribution in [3.8, 4) is 0 Å². The van der Waals surface area contributed by atoms with Crippen molar-refractivity contribution in [1.82, 2.24) is 20.8 Å². The quantitative estimate of drug-likeness (QED) is 0.818. The number of ether oxygens (including phenoxy) is 1. The minimum atomic E-state index is -0.474. The van der Waals surface area contributed by atoms with Crippen LogP contribution in [0.5, 0.6) is 0 Å². The highest BCUT2D eigenvalue weighted by atomic mass is 32.1. The number of carbonyl (C=O) groups excluding carboxylic acids is 2. The van der Waals surface area contributed by atoms with Crippen LogP contribution in [0, 0.1) is 13.8 Å². The Morgan fingerprint density at radius 3 is 2.64 bits per heavy atom. The van der Waals surface area contributed by atoms with Gasteiger partial charge in [-0.2, -0.15) is 0 Å². The highest BCUT2D eigenvalue weighted by molar-refractivity contribution is 7.20. The minimum absolute atomic E-state index is 0.309. The van der Waals surface area contributed by atoms with E-state index in [-0.39, 0.29) is 11.8 Å². The highest BCUT2D eigenvalue weighted by Crippen LogP contribution is 2.40. The van der Waals surface area contributed by atoms with Crippen molar-refractivity contribution in [2.24, 2.45) is 0 Å². The van der Waals surface area contributed by atoms with E-state index in [4.69, 9.17) is 4.74 Å². The summed E-state index contributed by atoms with van der Waals surface area (Å²) in [7, 11) is 0. The van der Waals surface area contributed by atoms with Crippen LogP contribution in [0.2, 0.25) is 0 Å². The van der Waals surface area contributed by atoms with Gasteiger partial charge in [0.05, 0.1) is 10.6 Å². The maximum Gasteiger partial charge on any atom is 0.280 e. The molecule has 3 heterocycles. The first-order valence-electron chi connectivity index (χ1n) is 8.54. The van der Waals surface area contributed by atoms with Crippen molar-refractivity contribution >= 4 is 33.4 Å². The third kappa shape index (κ3) is 3.11. The summed E-state index contributed by atoms with van der Waals surface area (Å²) in [4.78, 5) is 35.1. The van der Waals surface area contributed by atoms with Crippen LogP contribution < -0.4 is 10.9 Å². The molecule has 1 atom stereocenters. The molecular formula is C17H20N4O3S. The number of hydrogen-bond donors (Lipinski definition) is 2. The molecule has 0 radical (unpaired) electrons. The van der Waals surface area contributed by atoms with Gasteiger partial charge in [-0.1, -0.05) is 0 Å². The van der Waals surface area contributed by atoms with Crippen molar-refractivity contribution < 1.29 is 14.3 Å². The average Bonchev–Trinajstić information content (AvgIpc) is 3.18. The summed E-state index contributed by atoms with van der Waals surface area (Å²) in [5.74, 6) is 0.703. The summed E-state index contributed by atoms with van der Waals surface area (Å²) >= 11 is 1.34. The smallest absolute Gasteiger partial charge is 0.280 e. The minimum Gasteiger partial charge on any atom is -0.368 e. The second kappa shape index (κ2) is 6.34. The molecule has 2 fully saturated rings. The molecule has 1 aliphatic heterocycles. The van der Waals surface area contributed by atoms with Gasteiger partial charge in [-0.15, -0.1) is 11.3 Å². The van der Waals surface area contributed by atoms with Crippen LogP contribution in [0.3, 0.4) is 0 Å². The number of rotatable bonds is 3. The maximum absolute atomic E-state index is 12.5. The zero-order valence-corrected chi connectivity index (χ0v) is 15.0. The van der Waals surface area contributed by atoms with Crippen molar-refractivity contribution in [2.75, 3.05) is 6.61 Å². The van der Waals surface area contributed by atoms with Gasteiger partial charge in [0.15, 0.2) is 0 Å². The Balaban J connectivity index is 1.53. The summed E-state index contributed by atoms with van der Waals surface area (Å²) in [6.45, 7) is 4.43. The highest BCUT2D eigenvalue weighted by Gasteiger charge is 2.29. The predicted octanol–water partition coefficient (Wildman–Crippen LogP) is 2.13. The number of aryl methyl sites for hydroxylation is 2. The summed E-state index contributed by atoms with van der Waals surface area (Å²) in [6.07, 6.45) is 3.35. The van der Waals surface area contributed by atoms with E-state index in [1.165, 1.54) is 11.3 Å². The number of nitrogens with one attached hydrogen (secondary N) is 2. The van der Waals surface area contributed by atoms with Crippen LogP contribution in [-0.2, 0) is 9.53 Å². The first-order chi connectivity index (χ1) is 12.0. The molecule has 2 amide bonds. The number of aromatic nitrogens is 2. The molecule has 2 aromatic rings. The fourth-order valence-corrected chi connectivity index (χ4v) is 4.27. The van der Waals surface area contributed by atoms with Gasteiger partial charge in [-0.3, -0.25) is 20.4 Å². The Hall–Kier alpha value is -2.06. The molecule has 7 nitrogen and oxygen atoms in total. The fraction of sp³-hybridized carbons (Fsp3) is 0.529. The van der Waals surface area contributed by atoms with Gasteiger partial charge in [0.1, 0.15) is 16.8 Å². The number of fused-ring (bicyclic) bond motifs is 1. The maximum atomic E-state index is 12.5. The molecule has 0 aromatic carbocycles.